The van der Waals surface area contributed by atoms with E-state index < -0.39 is 0 Å². The minimum atomic E-state index is -0.383. The zero-order valence-corrected chi connectivity index (χ0v) is 12.2. The van der Waals surface area contributed by atoms with Crippen LogP contribution in [-0.2, 0) is 9.53 Å². The molecule has 1 aromatic carbocycles. The first-order valence-electron chi connectivity index (χ1n) is 5.77. The Labute approximate surface area is 118 Å². The molecule has 1 heterocycles. The number of aryl methyl sites for hydroxylation is 1. The minimum Gasteiger partial charge on any atom is -0.469 e. The van der Waals surface area contributed by atoms with Gasteiger partial charge in [0.05, 0.1) is 19.0 Å². The van der Waals surface area contributed by atoms with E-state index >= 15 is 0 Å². The normalized spacial score (nSPS) is 10.7. The van der Waals surface area contributed by atoms with Gasteiger partial charge in [0.2, 0.25) is 0 Å². The Balaban J connectivity index is 2.25. The van der Waals surface area contributed by atoms with Gasteiger partial charge in [0, 0.05) is 16.5 Å². The number of benzene rings is 1. The number of nitrogens with zero attached hydrogens (tertiary/aromatic N) is 1. The summed E-state index contributed by atoms with van der Waals surface area (Å²) in [6.07, 6.45) is 0.227. The van der Waals surface area contributed by atoms with Crippen LogP contribution < -0.4 is 0 Å². The van der Waals surface area contributed by atoms with Crippen molar-refractivity contribution < 1.29 is 14.3 Å². The highest BCUT2D eigenvalue weighted by Gasteiger charge is 2.13. The fraction of sp³-hybridized carbons (Fsp3) is 0.308. The summed E-state index contributed by atoms with van der Waals surface area (Å²) in [5.74, 6) is 0.306. The van der Waals surface area contributed by atoms with Crippen LogP contribution in [0.15, 0.2) is 16.6 Å². The van der Waals surface area contributed by atoms with Crippen molar-refractivity contribution in [3.63, 3.8) is 0 Å². The molecule has 0 saturated heterocycles. The number of ketones is 1. The number of aromatic amines is 1. The van der Waals surface area contributed by atoms with Crippen molar-refractivity contribution in [1.82, 2.24) is 9.97 Å². The summed E-state index contributed by atoms with van der Waals surface area (Å²) in [5.41, 5.74) is 2.14. The van der Waals surface area contributed by atoms with Crippen molar-refractivity contribution in [2.45, 2.75) is 19.8 Å². The fourth-order valence-corrected chi connectivity index (χ4v) is 2.37. The van der Waals surface area contributed by atoms with E-state index in [4.69, 9.17) is 0 Å². The molecule has 2 aromatic rings. The number of fused-ring (bicyclic) bond motifs is 1. The average molecular weight is 325 g/mol. The maximum Gasteiger partial charge on any atom is 0.305 e. The summed E-state index contributed by atoms with van der Waals surface area (Å²) >= 11 is 3.40. The van der Waals surface area contributed by atoms with E-state index in [0.717, 1.165) is 21.3 Å². The van der Waals surface area contributed by atoms with Crippen LogP contribution in [0.1, 0.15) is 29.0 Å². The monoisotopic (exact) mass is 324 g/mol. The van der Waals surface area contributed by atoms with Gasteiger partial charge >= 0.3 is 5.97 Å². The molecule has 2 rings (SSSR count). The van der Waals surface area contributed by atoms with Crippen LogP contribution >= 0.6 is 15.9 Å². The van der Waals surface area contributed by atoms with Crippen LogP contribution in [0.4, 0.5) is 0 Å². The number of esters is 1. The first-order valence-corrected chi connectivity index (χ1v) is 6.56. The molecule has 5 nitrogen and oxygen atoms in total. The molecule has 0 bridgehead atoms. The molecule has 0 aliphatic rings. The third-order valence-electron chi connectivity index (χ3n) is 2.76. The summed E-state index contributed by atoms with van der Waals surface area (Å²) in [6, 6.07) is 3.47. The Morgan fingerprint density at radius 2 is 2.11 bits per heavy atom. The molecule has 0 aliphatic heterocycles. The average Bonchev–Trinajstić information content (AvgIpc) is 2.76. The van der Waals surface area contributed by atoms with Gasteiger partial charge in [0.25, 0.3) is 0 Å². The van der Waals surface area contributed by atoms with Crippen molar-refractivity contribution in [3.8, 4) is 0 Å². The molecule has 0 atom stereocenters. The number of ether oxygens (including phenoxy) is 1. The summed E-state index contributed by atoms with van der Waals surface area (Å²) in [4.78, 5) is 30.4. The topological polar surface area (TPSA) is 72.1 Å². The van der Waals surface area contributed by atoms with Crippen LogP contribution in [0.3, 0.4) is 0 Å². The van der Waals surface area contributed by atoms with Gasteiger partial charge in [-0.1, -0.05) is 0 Å². The van der Waals surface area contributed by atoms with E-state index in [1.165, 1.54) is 7.11 Å². The van der Waals surface area contributed by atoms with E-state index in [9.17, 15) is 9.59 Å². The second-order valence-electron chi connectivity index (χ2n) is 4.18. The van der Waals surface area contributed by atoms with Crippen LogP contribution in [0.25, 0.3) is 11.0 Å². The Morgan fingerprint density at radius 1 is 1.37 bits per heavy atom. The summed E-state index contributed by atoms with van der Waals surface area (Å²) in [6.45, 7) is 1.85. The standard InChI is InChI=1S/C13H13BrN2O3/c1-7-15-10-6-8(5-9(14)13(10)16-7)11(17)3-4-12(18)19-2/h5-6H,3-4H2,1-2H3,(H,15,16). The molecule has 1 aromatic heterocycles. The lowest BCUT2D eigenvalue weighted by Gasteiger charge is -2.02. The Morgan fingerprint density at radius 3 is 2.79 bits per heavy atom. The molecule has 0 saturated carbocycles. The second kappa shape index (κ2) is 5.52. The highest BCUT2D eigenvalue weighted by atomic mass is 79.9. The third-order valence-corrected chi connectivity index (χ3v) is 3.37. The zero-order valence-electron chi connectivity index (χ0n) is 10.6. The van der Waals surface area contributed by atoms with E-state index in [0.29, 0.717) is 5.56 Å². The number of imidazole rings is 1. The molecule has 1 N–H and O–H groups in total. The molecular formula is C13H13BrN2O3. The summed E-state index contributed by atoms with van der Waals surface area (Å²) in [7, 11) is 1.31. The van der Waals surface area contributed by atoms with E-state index in [1.54, 1.807) is 12.1 Å². The summed E-state index contributed by atoms with van der Waals surface area (Å²) < 4.78 is 5.28. The van der Waals surface area contributed by atoms with Crippen molar-refractivity contribution in [3.05, 3.63) is 28.0 Å². The highest BCUT2D eigenvalue weighted by Crippen LogP contribution is 2.25. The quantitative estimate of drug-likeness (QED) is 0.693. The number of hydrogen-bond acceptors (Lipinski definition) is 4. The largest absolute Gasteiger partial charge is 0.469 e. The molecule has 0 radical (unpaired) electrons. The van der Waals surface area contributed by atoms with Gasteiger partial charge in [0.1, 0.15) is 11.3 Å². The van der Waals surface area contributed by atoms with E-state index in [1.807, 2.05) is 6.92 Å². The molecule has 0 aliphatic carbocycles. The Hall–Kier alpha value is -1.69. The molecule has 19 heavy (non-hydrogen) atoms. The molecule has 0 fully saturated rings. The molecular weight excluding hydrogens is 312 g/mol. The van der Waals surface area contributed by atoms with Crippen LogP contribution in [0.5, 0.6) is 0 Å². The number of hydrogen-bond donors (Lipinski definition) is 1. The number of nitrogens with one attached hydrogen (secondary N) is 1. The predicted molar refractivity (Wildman–Crippen MR) is 74.1 cm³/mol. The van der Waals surface area contributed by atoms with Crippen molar-refractivity contribution in [2.24, 2.45) is 0 Å². The minimum absolute atomic E-state index is 0.0903. The Kier molecular flexibility index (Phi) is 3.99. The lowest BCUT2D eigenvalue weighted by atomic mass is 10.1. The maximum atomic E-state index is 12.0. The van der Waals surface area contributed by atoms with Gasteiger partial charge in [0.15, 0.2) is 5.78 Å². The number of carbonyl (C=O) groups is 2. The van der Waals surface area contributed by atoms with Crippen LogP contribution in [0, 0.1) is 6.92 Å². The van der Waals surface area contributed by atoms with Crippen molar-refractivity contribution in [1.29, 1.82) is 0 Å². The first-order chi connectivity index (χ1) is 9.01. The number of methoxy groups -OCH3 is 1. The number of rotatable bonds is 4. The second-order valence-corrected chi connectivity index (χ2v) is 5.03. The van der Waals surface area contributed by atoms with E-state index in [-0.39, 0.29) is 24.6 Å². The Bertz CT molecular complexity index is 649. The van der Waals surface area contributed by atoms with Gasteiger partial charge in [-0.05, 0) is 35.0 Å². The number of halogens is 1. The van der Waals surface area contributed by atoms with Crippen LogP contribution in [-0.4, -0.2) is 28.8 Å². The third kappa shape index (κ3) is 3.01. The number of Topliss-reactive ketones (excluding diaryl/α,β-unsaturated/α-hetero) is 1. The predicted octanol–water partition coefficient (Wildman–Crippen LogP) is 2.77. The highest BCUT2D eigenvalue weighted by molar-refractivity contribution is 9.10. The fourth-order valence-electron chi connectivity index (χ4n) is 1.82. The molecule has 0 unspecified atom stereocenters. The lowest BCUT2D eigenvalue weighted by Crippen LogP contribution is -2.06. The van der Waals surface area contributed by atoms with Gasteiger partial charge in [-0.2, -0.15) is 0 Å². The van der Waals surface area contributed by atoms with Crippen molar-refractivity contribution in [2.75, 3.05) is 7.11 Å². The molecule has 0 spiro atoms. The smallest absolute Gasteiger partial charge is 0.305 e. The number of carbonyl (C=O) groups excluding carboxylic acids is 2. The van der Waals surface area contributed by atoms with Crippen LogP contribution in [0.2, 0.25) is 0 Å². The van der Waals surface area contributed by atoms with E-state index in [2.05, 4.69) is 30.6 Å². The molecule has 0 amide bonds. The van der Waals surface area contributed by atoms with Gasteiger partial charge in [-0.25, -0.2) is 4.98 Å². The zero-order chi connectivity index (χ0) is 14.0. The summed E-state index contributed by atoms with van der Waals surface area (Å²) in [5, 5.41) is 0. The van der Waals surface area contributed by atoms with Gasteiger partial charge < -0.3 is 9.72 Å². The first kappa shape index (κ1) is 13.7. The van der Waals surface area contributed by atoms with Crippen molar-refractivity contribution >= 4 is 38.7 Å². The lowest BCUT2D eigenvalue weighted by molar-refractivity contribution is -0.140. The molecule has 100 valence electrons. The molecule has 6 heteroatoms. The van der Waals surface area contributed by atoms with Gasteiger partial charge in [-0.15, -0.1) is 0 Å². The SMILES string of the molecule is COC(=O)CCC(=O)c1cc(Br)c2nc(C)[nH]c2c1. The maximum absolute atomic E-state index is 12.0. The number of aromatic nitrogens is 2. The van der Waals surface area contributed by atoms with Gasteiger partial charge in [-0.3, -0.25) is 9.59 Å². The number of H-pyrrole nitrogens is 1.